The Morgan fingerprint density at radius 3 is 2.16 bits per heavy atom. The van der Waals surface area contributed by atoms with Crippen molar-refractivity contribution < 1.29 is 9.72 Å². The third kappa shape index (κ3) is 2.85. The molecule has 4 nitrogen and oxygen atoms in total. The van der Waals surface area contributed by atoms with Crippen LogP contribution in [-0.4, -0.2) is 10.7 Å². The van der Waals surface area contributed by atoms with Gasteiger partial charge >= 0.3 is 0 Å². The van der Waals surface area contributed by atoms with Crippen molar-refractivity contribution >= 4 is 11.5 Å². The smallest absolute Gasteiger partial charge is 0.269 e. The van der Waals surface area contributed by atoms with Crippen LogP contribution in [0.3, 0.4) is 0 Å². The van der Waals surface area contributed by atoms with E-state index in [4.69, 9.17) is 0 Å². The van der Waals surface area contributed by atoms with Gasteiger partial charge in [0.15, 0.2) is 5.78 Å². The van der Waals surface area contributed by atoms with Crippen molar-refractivity contribution in [3.05, 3.63) is 75.8 Å². The molecule has 2 aromatic carbocycles. The predicted molar refractivity (Wildman–Crippen MR) is 72.3 cm³/mol. The zero-order valence-corrected chi connectivity index (χ0v) is 10.4. The van der Waals surface area contributed by atoms with Gasteiger partial charge in [0, 0.05) is 23.6 Å². The molecule has 0 aliphatic carbocycles. The van der Waals surface area contributed by atoms with Crippen LogP contribution < -0.4 is 0 Å². The lowest BCUT2D eigenvalue weighted by molar-refractivity contribution is -0.384. The number of nitro groups is 1. The lowest BCUT2D eigenvalue weighted by Gasteiger charge is -2.10. The predicted octanol–water partition coefficient (Wildman–Crippen LogP) is 3.58. The number of rotatable bonds is 4. The van der Waals surface area contributed by atoms with Crippen LogP contribution >= 0.6 is 0 Å². The number of benzene rings is 2. The number of non-ortho nitro benzene ring substituents is 1. The van der Waals surface area contributed by atoms with Crippen molar-refractivity contribution in [2.75, 3.05) is 0 Å². The summed E-state index contributed by atoms with van der Waals surface area (Å²) in [5, 5.41) is 10.6. The maximum absolute atomic E-state index is 12.2. The van der Waals surface area contributed by atoms with Gasteiger partial charge in [-0.25, -0.2) is 0 Å². The number of ketones is 1. The highest BCUT2D eigenvalue weighted by atomic mass is 16.6. The first-order valence-electron chi connectivity index (χ1n) is 5.93. The van der Waals surface area contributed by atoms with E-state index in [1.807, 2.05) is 18.2 Å². The second-order valence-electron chi connectivity index (χ2n) is 4.30. The second-order valence-corrected chi connectivity index (χ2v) is 4.30. The number of Topliss-reactive ketones (excluding diaryl/α,β-unsaturated/α-hetero) is 1. The zero-order valence-electron chi connectivity index (χ0n) is 10.4. The molecule has 2 rings (SSSR count). The van der Waals surface area contributed by atoms with E-state index in [0.717, 1.165) is 5.56 Å². The Morgan fingerprint density at radius 1 is 1.05 bits per heavy atom. The summed E-state index contributed by atoms with van der Waals surface area (Å²) < 4.78 is 0. The molecule has 0 heterocycles. The fourth-order valence-corrected chi connectivity index (χ4v) is 1.89. The Bertz CT molecular complexity index is 591. The standard InChI is InChI=1S/C15H13NO3/c1-11(15(17)13-5-3-2-4-6-13)12-7-9-14(10-8-12)16(18)19/h2-11H,1H3. The van der Waals surface area contributed by atoms with Gasteiger partial charge in [-0.3, -0.25) is 14.9 Å². The highest BCUT2D eigenvalue weighted by Gasteiger charge is 2.17. The average molecular weight is 255 g/mol. The van der Waals surface area contributed by atoms with Crippen LogP contribution in [0.15, 0.2) is 54.6 Å². The van der Waals surface area contributed by atoms with Crippen LogP contribution in [0.1, 0.15) is 28.8 Å². The summed E-state index contributed by atoms with van der Waals surface area (Å²) in [6.45, 7) is 1.80. The molecule has 0 bridgehead atoms. The van der Waals surface area contributed by atoms with Gasteiger partial charge in [-0.05, 0) is 5.56 Å². The van der Waals surface area contributed by atoms with Crippen LogP contribution in [-0.2, 0) is 0 Å². The normalized spacial score (nSPS) is 11.8. The van der Waals surface area contributed by atoms with Crippen LogP contribution in [0, 0.1) is 10.1 Å². The molecule has 0 aliphatic rings. The molecule has 1 atom stereocenters. The molecule has 0 aromatic heterocycles. The Morgan fingerprint density at radius 2 is 1.63 bits per heavy atom. The van der Waals surface area contributed by atoms with Crippen LogP contribution in [0.4, 0.5) is 5.69 Å². The maximum Gasteiger partial charge on any atom is 0.269 e. The van der Waals surface area contributed by atoms with E-state index in [2.05, 4.69) is 0 Å². The highest BCUT2D eigenvalue weighted by molar-refractivity contribution is 6.00. The molecule has 0 N–H and O–H groups in total. The highest BCUT2D eigenvalue weighted by Crippen LogP contribution is 2.22. The summed E-state index contributed by atoms with van der Waals surface area (Å²) in [4.78, 5) is 22.4. The Kier molecular flexibility index (Phi) is 3.71. The lowest BCUT2D eigenvalue weighted by atomic mass is 9.92. The minimum Gasteiger partial charge on any atom is -0.294 e. The van der Waals surface area contributed by atoms with Gasteiger partial charge in [0.05, 0.1) is 4.92 Å². The van der Waals surface area contributed by atoms with Crippen LogP contribution in [0.2, 0.25) is 0 Å². The van der Waals surface area contributed by atoms with Crippen molar-refractivity contribution in [1.82, 2.24) is 0 Å². The molecule has 0 saturated heterocycles. The minimum absolute atomic E-state index is 0.00875. The van der Waals surface area contributed by atoms with Crippen LogP contribution in [0.5, 0.6) is 0 Å². The van der Waals surface area contributed by atoms with E-state index in [1.165, 1.54) is 12.1 Å². The number of hydrogen-bond donors (Lipinski definition) is 0. The van der Waals surface area contributed by atoms with Crippen LogP contribution in [0.25, 0.3) is 0 Å². The van der Waals surface area contributed by atoms with Crippen molar-refractivity contribution in [1.29, 1.82) is 0 Å². The molecular weight excluding hydrogens is 242 g/mol. The molecule has 96 valence electrons. The molecular formula is C15H13NO3. The van der Waals surface area contributed by atoms with Gasteiger partial charge in [-0.15, -0.1) is 0 Å². The van der Waals surface area contributed by atoms with Crippen molar-refractivity contribution in [2.45, 2.75) is 12.8 Å². The molecule has 1 unspecified atom stereocenters. The summed E-state index contributed by atoms with van der Waals surface area (Å²) in [6, 6.07) is 15.1. The third-order valence-corrected chi connectivity index (χ3v) is 3.06. The molecule has 0 radical (unpaired) electrons. The second kappa shape index (κ2) is 5.44. The Labute approximate surface area is 110 Å². The fraction of sp³-hybridized carbons (Fsp3) is 0.133. The monoisotopic (exact) mass is 255 g/mol. The molecule has 2 aromatic rings. The Hall–Kier alpha value is -2.49. The van der Waals surface area contributed by atoms with E-state index < -0.39 is 4.92 Å². The summed E-state index contributed by atoms with van der Waals surface area (Å²) in [5.41, 5.74) is 1.45. The average Bonchev–Trinajstić information content (AvgIpc) is 2.46. The van der Waals surface area contributed by atoms with Crippen molar-refractivity contribution in [3.8, 4) is 0 Å². The van der Waals surface area contributed by atoms with Gasteiger partial charge in [0.25, 0.3) is 5.69 Å². The maximum atomic E-state index is 12.2. The zero-order chi connectivity index (χ0) is 13.8. The van der Waals surface area contributed by atoms with Gasteiger partial charge in [0.2, 0.25) is 0 Å². The van der Waals surface area contributed by atoms with Gasteiger partial charge < -0.3 is 0 Å². The number of carbonyl (C=O) groups excluding carboxylic acids is 1. The SMILES string of the molecule is CC(C(=O)c1ccccc1)c1ccc([N+](=O)[O-])cc1. The van der Waals surface area contributed by atoms with Crippen molar-refractivity contribution in [3.63, 3.8) is 0 Å². The summed E-state index contributed by atoms with van der Waals surface area (Å²) in [7, 11) is 0. The number of nitro benzene ring substituents is 1. The largest absolute Gasteiger partial charge is 0.294 e. The lowest BCUT2D eigenvalue weighted by Crippen LogP contribution is -2.09. The van der Waals surface area contributed by atoms with E-state index in [0.29, 0.717) is 5.56 Å². The van der Waals surface area contributed by atoms with E-state index in [-0.39, 0.29) is 17.4 Å². The number of hydrogen-bond acceptors (Lipinski definition) is 3. The summed E-state index contributed by atoms with van der Waals surface area (Å²) >= 11 is 0. The molecule has 0 saturated carbocycles. The quantitative estimate of drug-likeness (QED) is 0.476. The topological polar surface area (TPSA) is 60.2 Å². The van der Waals surface area contributed by atoms with Gasteiger partial charge in [-0.2, -0.15) is 0 Å². The summed E-state index contributed by atoms with van der Waals surface area (Å²) in [6.07, 6.45) is 0. The molecule has 0 amide bonds. The van der Waals surface area contributed by atoms with E-state index >= 15 is 0 Å². The first-order valence-corrected chi connectivity index (χ1v) is 5.93. The van der Waals surface area contributed by atoms with Gasteiger partial charge in [0.1, 0.15) is 0 Å². The Balaban J connectivity index is 2.22. The molecule has 0 aliphatic heterocycles. The first kappa shape index (κ1) is 13.0. The van der Waals surface area contributed by atoms with E-state index in [9.17, 15) is 14.9 Å². The molecule has 0 fully saturated rings. The molecule has 4 heteroatoms. The van der Waals surface area contributed by atoms with Crippen molar-refractivity contribution in [2.24, 2.45) is 0 Å². The third-order valence-electron chi connectivity index (χ3n) is 3.06. The van der Waals surface area contributed by atoms with E-state index in [1.54, 1.807) is 31.2 Å². The summed E-state index contributed by atoms with van der Waals surface area (Å²) in [5.74, 6) is -0.308. The minimum atomic E-state index is -0.451. The van der Waals surface area contributed by atoms with Gasteiger partial charge in [-0.1, -0.05) is 49.4 Å². The fourth-order valence-electron chi connectivity index (χ4n) is 1.89. The number of carbonyl (C=O) groups is 1. The number of nitrogens with zero attached hydrogens (tertiary/aromatic N) is 1. The molecule has 19 heavy (non-hydrogen) atoms. The molecule has 0 spiro atoms. The first-order chi connectivity index (χ1) is 9.09.